The van der Waals surface area contributed by atoms with Gasteiger partial charge in [-0.1, -0.05) is 0 Å². The predicted molar refractivity (Wildman–Crippen MR) is 64.0 cm³/mol. The van der Waals surface area contributed by atoms with E-state index in [-0.39, 0.29) is 5.91 Å². The lowest BCUT2D eigenvalue weighted by atomic mass is 10.0. The lowest BCUT2D eigenvalue weighted by molar-refractivity contribution is -0.130. The number of nitrogens with zero attached hydrogens (tertiary/aromatic N) is 2. The van der Waals surface area contributed by atoms with Gasteiger partial charge in [-0.3, -0.25) is 9.69 Å². The summed E-state index contributed by atoms with van der Waals surface area (Å²) >= 11 is 0. The molecule has 0 atom stereocenters. The van der Waals surface area contributed by atoms with E-state index in [2.05, 4.69) is 4.90 Å². The Morgan fingerprint density at radius 2 is 2.12 bits per heavy atom. The van der Waals surface area contributed by atoms with Gasteiger partial charge in [0.05, 0.1) is 6.54 Å². The SMILES string of the molecule is CN1CCCN(CC2(CCN)CC2)CC1=O. The third kappa shape index (κ3) is 2.74. The Morgan fingerprint density at radius 1 is 1.38 bits per heavy atom. The van der Waals surface area contributed by atoms with Crippen molar-refractivity contribution < 1.29 is 4.79 Å². The highest BCUT2D eigenvalue weighted by atomic mass is 16.2. The highest BCUT2D eigenvalue weighted by molar-refractivity contribution is 5.78. The van der Waals surface area contributed by atoms with Crippen LogP contribution in [-0.4, -0.2) is 55.5 Å². The maximum Gasteiger partial charge on any atom is 0.236 e. The van der Waals surface area contributed by atoms with Crippen LogP contribution in [0.1, 0.15) is 25.7 Å². The number of hydrogen-bond acceptors (Lipinski definition) is 3. The third-order valence-electron chi connectivity index (χ3n) is 3.94. The molecule has 0 aromatic rings. The fourth-order valence-electron chi connectivity index (χ4n) is 2.63. The van der Waals surface area contributed by atoms with Crippen LogP contribution < -0.4 is 5.73 Å². The van der Waals surface area contributed by atoms with Crippen LogP contribution in [0.15, 0.2) is 0 Å². The standard InChI is InChI=1S/C12H23N3O/c1-14-7-2-8-15(9-11(14)16)10-12(3-4-12)5-6-13/h2-10,13H2,1H3. The van der Waals surface area contributed by atoms with Crippen LogP contribution in [0.2, 0.25) is 0 Å². The van der Waals surface area contributed by atoms with E-state index < -0.39 is 0 Å². The molecule has 0 aromatic heterocycles. The molecule has 1 heterocycles. The molecule has 4 nitrogen and oxygen atoms in total. The first-order valence-electron chi connectivity index (χ1n) is 6.32. The van der Waals surface area contributed by atoms with Gasteiger partial charge in [-0.25, -0.2) is 0 Å². The van der Waals surface area contributed by atoms with Crippen LogP contribution in [0.4, 0.5) is 0 Å². The van der Waals surface area contributed by atoms with Crippen LogP contribution in [-0.2, 0) is 4.79 Å². The second-order valence-corrected chi connectivity index (χ2v) is 5.42. The molecule has 2 N–H and O–H groups in total. The molecule has 1 saturated carbocycles. The van der Waals surface area contributed by atoms with Crippen molar-refractivity contribution in [2.75, 3.05) is 39.8 Å². The quantitative estimate of drug-likeness (QED) is 0.747. The molecule has 2 rings (SSSR count). The van der Waals surface area contributed by atoms with E-state index in [1.165, 1.54) is 12.8 Å². The Balaban J connectivity index is 1.87. The van der Waals surface area contributed by atoms with Gasteiger partial charge in [-0.15, -0.1) is 0 Å². The average molecular weight is 225 g/mol. The molecule has 1 aliphatic carbocycles. The number of hydrogen-bond donors (Lipinski definition) is 1. The fourth-order valence-corrected chi connectivity index (χ4v) is 2.63. The summed E-state index contributed by atoms with van der Waals surface area (Å²) in [5.41, 5.74) is 6.10. The molecule has 4 heteroatoms. The minimum Gasteiger partial charge on any atom is -0.345 e. The summed E-state index contributed by atoms with van der Waals surface area (Å²) in [5, 5.41) is 0. The van der Waals surface area contributed by atoms with Crippen molar-refractivity contribution in [1.29, 1.82) is 0 Å². The number of carbonyl (C=O) groups excluding carboxylic acids is 1. The zero-order chi connectivity index (χ0) is 11.6. The zero-order valence-corrected chi connectivity index (χ0v) is 10.2. The van der Waals surface area contributed by atoms with Gasteiger partial charge in [0, 0.05) is 26.7 Å². The smallest absolute Gasteiger partial charge is 0.236 e. The van der Waals surface area contributed by atoms with Gasteiger partial charge >= 0.3 is 0 Å². The van der Waals surface area contributed by atoms with E-state index >= 15 is 0 Å². The lowest BCUT2D eigenvalue weighted by Gasteiger charge is -2.25. The van der Waals surface area contributed by atoms with Crippen molar-refractivity contribution in [3.63, 3.8) is 0 Å². The number of amides is 1. The van der Waals surface area contributed by atoms with E-state index in [4.69, 9.17) is 5.73 Å². The summed E-state index contributed by atoms with van der Waals surface area (Å²) in [6.45, 7) is 4.41. The van der Waals surface area contributed by atoms with Gasteiger partial charge in [0.1, 0.15) is 0 Å². The molecule has 0 radical (unpaired) electrons. The summed E-state index contributed by atoms with van der Waals surface area (Å²) in [5.74, 6) is 0.265. The van der Waals surface area contributed by atoms with Crippen LogP contribution in [0.25, 0.3) is 0 Å². The van der Waals surface area contributed by atoms with Crippen LogP contribution >= 0.6 is 0 Å². The predicted octanol–water partition coefficient (Wildman–Crippen LogP) is 0.280. The minimum atomic E-state index is 0.265. The number of likely N-dealkylation sites (N-methyl/N-ethyl adjacent to an activating group) is 1. The van der Waals surface area contributed by atoms with Gasteiger partial charge in [-0.05, 0) is 37.6 Å². The largest absolute Gasteiger partial charge is 0.345 e. The van der Waals surface area contributed by atoms with Crippen molar-refractivity contribution in [3.8, 4) is 0 Å². The fraction of sp³-hybridized carbons (Fsp3) is 0.917. The number of nitrogens with two attached hydrogens (primary N) is 1. The Bertz CT molecular complexity index is 263. The molecule has 92 valence electrons. The minimum absolute atomic E-state index is 0.265. The summed E-state index contributed by atoms with van der Waals surface area (Å²) in [7, 11) is 1.90. The van der Waals surface area contributed by atoms with Crippen LogP contribution in [0, 0.1) is 5.41 Å². The van der Waals surface area contributed by atoms with Crippen LogP contribution in [0.3, 0.4) is 0 Å². The zero-order valence-electron chi connectivity index (χ0n) is 10.2. The summed E-state index contributed by atoms with van der Waals surface area (Å²) in [4.78, 5) is 15.9. The second-order valence-electron chi connectivity index (χ2n) is 5.42. The maximum absolute atomic E-state index is 11.7. The van der Waals surface area contributed by atoms with Gasteiger partial charge in [0.25, 0.3) is 0 Å². The van der Waals surface area contributed by atoms with Gasteiger partial charge in [0.2, 0.25) is 5.91 Å². The molecule has 1 saturated heterocycles. The first-order valence-corrected chi connectivity index (χ1v) is 6.32. The molecular weight excluding hydrogens is 202 g/mol. The molecule has 2 aliphatic rings. The molecule has 0 spiro atoms. The molecule has 1 amide bonds. The third-order valence-corrected chi connectivity index (χ3v) is 3.94. The van der Waals surface area contributed by atoms with Crippen molar-refractivity contribution >= 4 is 5.91 Å². The molecule has 0 bridgehead atoms. The number of carbonyl (C=O) groups is 1. The monoisotopic (exact) mass is 225 g/mol. The first kappa shape index (κ1) is 11.9. The molecule has 16 heavy (non-hydrogen) atoms. The van der Waals surface area contributed by atoms with E-state index in [0.29, 0.717) is 12.0 Å². The van der Waals surface area contributed by atoms with Gasteiger partial charge in [-0.2, -0.15) is 0 Å². The Morgan fingerprint density at radius 3 is 2.75 bits per heavy atom. The van der Waals surface area contributed by atoms with Crippen molar-refractivity contribution in [1.82, 2.24) is 9.80 Å². The maximum atomic E-state index is 11.7. The highest BCUT2D eigenvalue weighted by Crippen LogP contribution is 2.49. The molecule has 0 aromatic carbocycles. The summed E-state index contributed by atoms with van der Waals surface area (Å²) < 4.78 is 0. The molecular formula is C12H23N3O. The molecule has 1 aliphatic heterocycles. The van der Waals surface area contributed by atoms with Crippen molar-refractivity contribution in [3.05, 3.63) is 0 Å². The van der Waals surface area contributed by atoms with Crippen molar-refractivity contribution in [2.45, 2.75) is 25.7 Å². The highest BCUT2D eigenvalue weighted by Gasteiger charge is 2.43. The van der Waals surface area contributed by atoms with E-state index in [1.807, 2.05) is 11.9 Å². The van der Waals surface area contributed by atoms with Gasteiger partial charge in [0.15, 0.2) is 0 Å². The summed E-state index contributed by atoms with van der Waals surface area (Å²) in [6.07, 6.45) is 4.81. The first-order chi connectivity index (χ1) is 7.65. The lowest BCUT2D eigenvalue weighted by Crippen LogP contribution is -2.37. The van der Waals surface area contributed by atoms with Gasteiger partial charge < -0.3 is 10.6 Å². The van der Waals surface area contributed by atoms with E-state index in [9.17, 15) is 4.79 Å². The van der Waals surface area contributed by atoms with Crippen molar-refractivity contribution in [2.24, 2.45) is 11.1 Å². The second kappa shape index (κ2) is 4.72. The Kier molecular flexibility index (Phi) is 3.50. The normalized spacial score (nSPS) is 25.6. The molecule has 2 fully saturated rings. The van der Waals surface area contributed by atoms with E-state index in [1.54, 1.807) is 0 Å². The topological polar surface area (TPSA) is 49.6 Å². The molecule has 0 unspecified atom stereocenters. The van der Waals surface area contributed by atoms with Crippen LogP contribution in [0.5, 0.6) is 0 Å². The average Bonchev–Trinajstić information content (AvgIpc) is 2.98. The summed E-state index contributed by atoms with van der Waals surface area (Å²) in [6, 6.07) is 0. The Hall–Kier alpha value is -0.610. The number of rotatable bonds is 4. The van der Waals surface area contributed by atoms with E-state index in [0.717, 1.165) is 39.0 Å². The Labute approximate surface area is 97.8 Å².